The van der Waals surface area contributed by atoms with Gasteiger partial charge in [0.1, 0.15) is 0 Å². The Hall–Kier alpha value is -0.0400. The maximum atomic E-state index is 10.8. The van der Waals surface area contributed by atoms with Crippen molar-refractivity contribution in [2.24, 2.45) is 34.5 Å². The number of hydrogen-bond acceptors (Lipinski definition) is 1. The van der Waals surface area contributed by atoms with Gasteiger partial charge in [-0.2, -0.15) is 0 Å². The molecule has 0 radical (unpaired) electrons. The highest BCUT2D eigenvalue weighted by atomic mass is 16.3. The fraction of sp³-hybridized carbons (Fsp3) is 1.00. The Morgan fingerprint density at radius 2 is 1.73 bits per heavy atom. The van der Waals surface area contributed by atoms with Crippen molar-refractivity contribution < 1.29 is 5.11 Å². The molecule has 4 aliphatic carbocycles. The molecule has 6 unspecified atom stereocenters. The van der Waals surface area contributed by atoms with Gasteiger partial charge >= 0.3 is 0 Å². The highest BCUT2D eigenvalue weighted by Crippen LogP contribution is 2.66. The lowest BCUT2D eigenvalue weighted by Crippen LogP contribution is -2.55. The molecule has 0 heterocycles. The molecule has 0 aliphatic heterocycles. The Labute approximate surface area is 137 Å². The summed E-state index contributed by atoms with van der Waals surface area (Å²) in [5.41, 5.74) is 0.880. The molecule has 4 rings (SSSR count). The van der Waals surface area contributed by atoms with Crippen molar-refractivity contribution in [2.45, 2.75) is 97.0 Å². The summed E-state index contributed by atoms with van der Waals surface area (Å²) in [5.74, 6) is 3.79. The Kier molecular flexibility index (Phi) is 3.50. The molecule has 4 fully saturated rings. The summed E-state index contributed by atoms with van der Waals surface area (Å²) in [5, 5.41) is 10.8. The third kappa shape index (κ3) is 2.06. The van der Waals surface area contributed by atoms with Gasteiger partial charge in [-0.15, -0.1) is 0 Å². The van der Waals surface area contributed by atoms with Crippen molar-refractivity contribution in [1.29, 1.82) is 0 Å². The predicted molar refractivity (Wildman–Crippen MR) is 91.6 cm³/mol. The van der Waals surface area contributed by atoms with Gasteiger partial charge in [0.2, 0.25) is 0 Å². The van der Waals surface area contributed by atoms with Gasteiger partial charge in [-0.1, -0.05) is 27.2 Å². The zero-order valence-electron chi connectivity index (χ0n) is 15.0. The van der Waals surface area contributed by atoms with Crippen molar-refractivity contribution in [2.75, 3.05) is 0 Å². The first kappa shape index (κ1) is 15.5. The molecule has 0 spiro atoms. The standard InChI is InChI=1S/C21H36O/c1-4-21(22)13-12-20(3)15(14-21)7-8-16-17-6-5-10-19(17,2)11-9-18(16)20/h15-18,22H,4-14H2,1-3H3/t15?,16?,17?,18?,19?,20?,21-/m0/s1. The van der Waals surface area contributed by atoms with E-state index < -0.39 is 0 Å². The van der Waals surface area contributed by atoms with Gasteiger partial charge in [0.05, 0.1) is 5.60 Å². The summed E-state index contributed by atoms with van der Waals surface area (Å²) in [7, 11) is 0. The van der Waals surface area contributed by atoms with E-state index in [9.17, 15) is 5.11 Å². The average molecular weight is 305 g/mol. The normalized spacial score (nSPS) is 57.8. The first-order valence-corrected chi connectivity index (χ1v) is 10.1. The van der Waals surface area contributed by atoms with E-state index >= 15 is 0 Å². The maximum absolute atomic E-state index is 10.8. The van der Waals surface area contributed by atoms with Gasteiger partial charge in [0.15, 0.2) is 0 Å². The van der Waals surface area contributed by atoms with E-state index in [1.54, 1.807) is 0 Å². The van der Waals surface area contributed by atoms with Crippen LogP contribution in [0.4, 0.5) is 0 Å². The maximum Gasteiger partial charge on any atom is 0.0648 e. The molecule has 0 bridgehead atoms. The third-order valence-corrected chi connectivity index (χ3v) is 9.26. The van der Waals surface area contributed by atoms with Crippen LogP contribution < -0.4 is 0 Å². The van der Waals surface area contributed by atoms with Crippen LogP contribution in [0.2, 0.25) is 0 Å². The van der Waals surface area contributed by atoms with Crippen LogP contribution in [0.5, 0.6) is 0 Å². The molecule has 0 amide bonds. The fourth-order valence-corrected chi connectivity index (χ4v) is 7.64. The Bertz CT molecular complexity index is 445. The van der Waals surface area contributed by atoms with E-state index in [-0.39, 0.29) is 5.60 Å². The molecular formula is C21H36O. The zero-order chi connectivity index (χ0) is 15.6. The number of hydrogen-bond donors (Lipinski definition) is 1. The molecule has 4 aliphatic rings. The first-order valence-electron chi connectivity index (χ1n) is 10.1. The topological polar surface area (TPSA) is 20.2 Å². The van der Waals surface area contributed by atoms with Crippen molar-refractivity contribution in [3.8, 4) is 0 Å². The Balaban J connectivity index is 1.59. The van der Waals surface area contributed by atoms with Crippen LogP contribution in [0.1, 0.15) is 91.4 Å². The minimum Gasteiger partial charge on any atom is -0.390 e. The fourth-order valence-electron chi connectivity index (χ4n) is 7.64. The van der Waals surface area contributed by atoms with Crippen LogP contribution >= 0.6 is 0 Å². The van der Waals surface area contributed by atoms with E-state index in [2.05, 4.69) is 20.8 Å². The Morgan fingerprint density at radius 3 is 2.50 bits per heavy atom. The van der Waals surface area contributed by atoms with Crippen molar-refractivity contribution in [3.05, 3.63) is 0 Å². The summed E-state index contributed by atoms with van der Waals surface area (Å²) < 4.78 is 0. The largest absolute Gasteiger partial charge is 0.390 e. The number of fused-ring (bicyclic) bond motifs is 5. The summed E-state index contributed by atoms with van der Waals surface area (Å²) in [6.07, 6.45) is 14.7. The monoisotopic (exact) mass is 304 g/mol. The van der Waals surface area contributed by atoms with E-state index in [1.165, 1.54) is 51.4 Å². The van der Waals surface area contributed by atoms with Gasteiger partial charge < -0.3 is 5.11 Å². The van der Waals surface area contributed by atoms with Crippen molar-refractivity contribution >= 4 is 0 Å². The van der Waals surface area contributed by atoms with Crippen molar-refractivity contribution in [1.82, 2.24) is 0 Å². The quantitative estimate of drug-likeness (QED) is 0.672. The van der Waals surface area contributed by atoms with Gasteiger partial charge in [0, 0.05) is 0 Å². The lowest BCUT2D eigenvalue weighted by molar-refractivity contribution is -0.147. The number of rotatable bonds is 1. The minimum atomic E-state index is -0.340. The molecular weight excluding hydrogens is 268 g/mol. The van der Waals surface area contributed by atoms with Crippen LogP contribution in [0, 0.1) is 34.5 Å². The zero-order valence-corrected chi connectivity index (χ0v) is 15.0. The van der Waals surface area contributed by atoms with Gasteiger partial charge in [-0.05, 0) is 98.7 Å². The molecule has 0 aromatic carbocycles. The molecule has 0 saturated heterocycles. The van der Waals surface area contributed by atoms with Crippen LogP contribution in [0.3, 0.4) is 0 Å². The van der Waals surface area contributed by atoms with Gasteiger partial charge in [0.25, 0.3) is 0 Å². The summed E-state index contributed by atoms with van der Waals surface area (Å²) in [6, 6.07) is 0. The van der Waals surface area contributed by atoms with Crippen LogP contribution in [0.15, 0.2) is 0 Å². The minimum absolute atomic E-state index is 0.340. The summed E-state index contributed by atoms with van der Waals surface area (Å²) in [6.45, 7) is 7.40. The first-order chi connectivity index (χ1) is 10.4. The second kappa shape index (κ2) is 4.98. The van der Waals surface area contributed by atoms with Crippen LogP contribution in [-0.4, -0.2) is 10.7 Å². The summed E-state index contributed by atoms with van der Waals surface area (Å²) >= 11 is 0. The predicted octanol–water partition coefficient (Wildman–Crippen LogP) is 5.56. The molecule has 7 atom stereocenters. The third-order valence-electron chi connectivity index (χ3n) is 9.26. The SMILES string of the molecule is CC[C@]1(O)CCC2(C)C(CCC3C4CCCC4(C)CCC32)C1. The lowest BCUT2D eigenvalue weighted by atomic mass is 9.44. The highest BCUT2D eigenvalue weighted by molar-refractivity contribution is 5.08. The second-order valence-electron chi connectivity index (χ2n) is 10.0. The van der Waals surface area contributed by atoms with E-state index in [1.807, 2.05) is 0 Å². The number of aliphatic hydroxyl groups is 1. The molecule has 1 N–H and O–H groups in total. The molecule has 22 heavy (non-hydrogen) atoms. The second-order valence-corrected chi connectivity index (χ2v) is 10.0. The van der Waals surface area contributed by atoms with Crippen LogP contribution in [-0.2, 0) is 0 Å². The van der Waals surface area contributed by atoms with E-state index in [0.29, 0.717) is 10.8 Å². The molecule has 126 valence electrons. The van der Waals surface area contributed by atoms with E-state index in [4.69, 9.17) is 0 Å². The molecule has 1 heteroatoms. The Morgan fingerprint density at radius 1 is 0.909 bits per heavy atom. The van der Waals surface area contributed by atoms with Crippen molar-refractivity contribution in [3.63, 3.8) is 0 Å². The average Bonchev–Trinajstić information content (AvgIpc) is 2.90. The van der Waals surface area contributed by atoms with Gasteiger partial charge in [-0.25, -0.2) is 0 Å². The molecule has 0 aromatic heterocycles. The van der Waals surface area contributed by atoms with E-state index in [0.717, 1.165) is 42.9 Å². The smallest absolute Gasteiger partial charge is 0.0648 e. The lowest BCUT2D eigenvalue weighted by Gasteiger charge is -2.61. The molecule has 4 saturated carbocycles. The van der Waals surface area contributed by atoms with Gasteiger partial charge in [-0.3, -0.25) is 0 Å². The highest BCUT2D eigenvalue weighted by Gasteiger charge is 2.58. The van der Waals surface area contributed by atoms with Crippen LogP contribution in [0.25, 0.3) is 0 Å². The molecule has 0 aromatic rings. The molecule has 1 nitrogen and oxygen atoms in total. The summed E-state index contributed by atoms with van der Waals surface area (Å²) in [4.78, 5) is 0.